The molecule has 52 heavy (non-hydrogen) atoms. The lowest BCUT2D eigenvalue weighted by Crippen LogP contribution is -2.42. The zero-order valence-electron chi connectivity index (χ0n) is 31.3. The van der Waals surface area contributed by atoms with Crippen LogP contribution in [0.15, 0.2) is 60.3 Å². The Bertz CT molecular complexity index is 1740. The van der Waals surface area contributed by atoms with Gasteiger partial charge in [0.2, 0.25) is 0 Å². The van der Waals surface area contributed by atoms with Crippen LogP contribution in [0, 0.1) is 5.92 Å². The molecule has 11 nitrogen and oxygen atoms in total. The molecule has 1 heterocycles. The normalized spacial score (nSPS) is 16.3. The Kier molecular flexibility index (Phi) is 14.8. The molecule has 0 fully saturated rings. The average Bonchev–Trinajstić information content (AvgIpc) is 3.50. The summed E-state index contributed by atoms with van der Waals surface area (Å²) in [5.41, 5.74) is 5.54. The maximum Gasteiger partial charge on any atom is 0.413 e. The lowest BCUT2D eigenvalue weighted by molar-refractivity contribution is -0.139. The van der Waals surface area contributed by atoms with Crippen LogP contribution < -0.4 is 20.1 Å². The van der Waals surface area contributed by atoms with Crippen molar-refractivity contribution in [3.05, 3.63) is 77.0 Å². The third-order valence-electron chi connectivity index (χ3n) is 9.72. The Morgan fingerprint density at radius 3 is 2.54 bits per heavy atom. The number of amides is 2. The van der Waals surface area contributed by atoms with Gasteiger partial charge in [-0.1, -0.05) is 49.6 Å². The van der Waals surface area contributed by atoms with Crippen LogP contribution in [0.5, 0.6) is 17.2 Å². The molecular formula is C41H56N4O7. The molecule has 4 rings (SSSR count). The van der Waals surface area contributed by atoms with Crippen molar-refractivity contribution in [3.63, 3.8) is 0 Å². The number of likely N-dealkylation sites (N-methyl/N-ethyl adjacent to an activating group) is 1. The van der Waals surface area contributed by atoms with Crippen molar-refractivity contribution in [2.75, 3.05) is 27.2 Å². The first-order valence-electron chi connectivity index (χ1n) is 18.5. The number of fused-ring (bicyclic) bond motifs is 1. The molecule has 1 aromatic heterocycles. The number of carbonyl (C=O) groups excluding carboxylic acids is 2. The van der Waals surface area contributed by atoms with Gasteiger partial charge >= 0.3 is 18.2 Å². The SMILES string of the molecule is C=C(C)[C@@H]1CCC(C)=C[C@H]1c1c(O)cc(CCCCC)cc1OC(=O)NCCCC[C@@H](NC(=O)Oc1cccc2[nH]cc(CCN(C)C)c12)C(=O)O. The van der Waals surface area contributed by atoms with Crippen molar-refractivity contribution in [1.82, 2.24) is 20.5 Å². The molecule has 2 amide bonds. The van der Waals surface area contributed by atoms with Crippen molar-refractivity contribution in [1.29, 1.82) is 0 Å². The lowest BCUT2D eigenvalue weighted by Gasteiger charge is -2.32. The number of carboxylic acids is 1. The Morgan fingerprint density at radius 2 is 1.83 bits per heavy atom. The number of benzene rings is 2. The van der Waals surface area contributed by atoms with Crippen molar-refractivity contribution < 1.29 is 34.1 Å². The van der Waals surface area contributed by atoms with E-state index in [1.807, 2.05) is 39.3 Å². The number of nitrogens with zero attached hydrogens (tertiary/aromatic N) is 1. The van der Waals surface area contributed by atoms with E-state index in [-0.39, 0.29) is 30.6 Å². The number of hydrogen-bond acceptors (Lipinski definition) is 7. The Labute approximate surface area is 307 Å². The van der Waals surface area contributed by atoms with Crippen molar-refractivity contribution in [3.8, 4) is 17.2 Å². The van der Waals surface area contributed by atoms with E-state index in [1.165, 1.54) is 5.57 Å². The Hall–Kier alpha value is -4.77. The number of aromatic hydroxyl groups is 1. The number of carbonyl (C=O) groups is 3. The standard InChI is InChI=1S/C41H56N4O7/c1-7-8-9-13-28-23-34(46)38(31-22-27(4)17-18-30(31)26(2)3)36(24-28)52-40(49)42-20-11-10-14-33(39(47)48)44-41(50)51-35-16-12-15-32-37(35)29(25-43-32)19-21-45(5)6/h12,15-16,22-25,30-31,33,43,46H,2,7-11,13-14,17-21H2,1,3-6H3,(H,42,49)(H,44,50)(H,47,48)/t30-,31+,33+/m0/s1. The Balaban J connectivity index is 1.34. The number of H-pyrrole nitrogens is 1. The van der Waals surface area contributed by atoms with Gasteiger partial charge in [-0.3, -0.25) is 0 Å². The summed E-state index contributed by atoms with van der Waals surface area (Å²) in [6, 6.07) is 7.83. The number of phenols is 1. The van der Waals surface area contributed by atoms with Crippen molar-refractivity contribution >= 4 is 29.1 Å². The molecule has 11 heteroatoms. The molecule has 0 saturated heterocycles. The van der Waals surface area contributed by atoms with Crippen molar-refractivity contribution in [2.45, 2.75) is 96.9 Å². The third kappa shape index (κ3) is 11.1. The van der Waals surface area contributed by atoms with Gasteiger partial charge in [0.1, 0.15) is 23.3 Å². The molecule has 0 unspecified atom stereocenters. The van der Waals surface area contributed by atoms with Gasteiger partial charge in [0.25, 0.3) is 0 Å². The second-order valence-corrected chi connectivity index (χ2v) is 14.3. The van der Waals surface area contributed by atoms with Crippen LogP contribution in [0.2, 0.25) is 0 Å². The lowest BCUT2D eigenvalue weighted by atomic mass is 9.73. The van der Waals surface area contributed by atoms with Crippen LogP contribution in [0.25, 0.3) is 10.9 Å². The molecule has 3 atom stereocenters. The summed E-state index contributed by atoms with van der Waals surface area (Å²) < 4.78 is 11.5. The predicted molar refractivity (Wildman–Crippen MR) is 204 cm³/mol. The Morgan fingerprint density at radius 1 is 1.06 bits per heavy atom. The van der Waals surface area contributed by atoms with Crippen LogP contribution in [-0.4, -0.2) is 71.5 Å². The number of aliphatic carboxylic acids is 1. The van der Waals surface area contributed by atoms with E-state index >= 15 is 0 Å². The minimum absolute atomic E-state index is 0.104. The highest BCUT2D eigenvalue weighted by Gasteiger charge is 2.31. The number of unbranched alkanes of at least 4 members (excludes halogenated alkanes) is 3. The number of carboxylic acid groups (broad SMARTS) is 1. The van der Waals surface area contributed by atoms with E-state index in [1.54, 1.807) is 18.2 Å². The maximum atomic E-state index is 13.1. The predicted octanol–water partition coefficient (Wildman–Crippen LogP) is 8.23. The quantitative estimate of drug-likeness (QED) is 0.0652. The average molecular weight is 717 g/mol. The van der Waals surface area contributed by atoms with Gasteiger partial charge in [-0.15, -0.1) is 0 Å². The summed E-state index contributed by atoms with van der Waals surface area (Å²) in [5.74, 6) is -0.454. The first-order chi connectivity index (χ1) is 24.9. The molecule has 0 saturated carbocycles. The summed E-state index contributed by atoms with van der Waals surface area (Å²) in [7, 11) is 3.97. The summed E-state index contributed by atoms with van der Waals surface area (Å²) in [6.45, 7) is 11.5. The van der Waals surface area contributed by atoms with Gasteiger partial charge in [0.05, 0.1) is 0 Å². The fourth-order valence-corrected chi connectivity index (χ4v) is 6.89. The molecule has 3 aromatic rings. The minimum atomic E-state index is -1.18. The molecule has 5 N–H and O–H groups in total. The largest absolute Gasteiger partial charge is 0.507 e. The van der Waals surface area contributed by atoms with E-state index in [0.29, 0.717) is 29.9 Å². The zero-order chi connectivity index (χ0) is 37.8. The first-order valence-corrected chi connectivity index (χ1v) is 18.5. The molecule has 2 aromatic carbocycles. The van der Waals surface area contributed by atoms with Gasteiger partial charge in [-0.05, 0) is 121 Å². The van der Waals surface area contributed by atoms with Gasteiger partial charge in [0, 0.05) is 41.7 Å². The first kappa shape index (κ1) is 40.0. The number of hydrogen-bond donors (Lipinski definition) is 5. The molecule has 0 aliphatic heterocycles. The van der Waals surface area contributed by atoms with E-state index < -0.39 is 24.2 Å². The summed E-state index contributed by atoms with van der Waals surface area (Å²) in [4.78, 5) is 43.2. The van der Waals surface area contributed by atoms with E-state index in [4.69, 9.17) is 9.47 Å². The van der Waals surface area contributed by atoms with Crippen LogP contribution in [0.4, 0.5) is 9.59 Å². The molecule has 0 bridgehead atoms. The van der Waals surface area contributed by atoms with E-state index in [2.05, 4.69) is 47.0 Å². The highest BCUT2D eigenvalue weighted by Crippen LogP contribution is 2.47. The number of nitrogens with one attached hydrogen (secondary N) is 3. The number of phenolic OH excluding ortho intramolecular Hbond substituents is 1. The number of allylic oxidation sites excluding steroid dienone is 3. The second kappa shape index (κ2) is 19.2. The van der Waals surface area contributed by atoms with E-state index in [0.717, 1.165) is 79.1 Å². The smallest absolute Gasteiger partial charge is 0.413 e. The summed E-state index contributed by atoms with van der Waals surface area (Å²) >= 11 is 0. The van der Waals surface area contributed by atoms with Crippen LogP contribution in [0.1, 0.15) is 94.7 Å². The fourth-order valence-electron chi connectivity index (χ4n) is 6.89. The van der Waals surface area contributed by atoms with Crippen LogP contribution in [-0.2, 0) is 17.6 Å². The van der Waals surface area contributed by atoms with E-state index in [9.17, 15) is 24.6 Å². The number of rotatable bonds is 18. The molecule has 0 radical (unpaired) electrons. The minimum Gasteiger partial charge on any atom is -0.507 e. The molecule has 1 aliphatic rings. The maximum absolute atomic E-state index is 13.1. The van der Waals surface area contributed by atoms with Gasteiger partial charge in [-0.25, -0.2) is 14.4 Å². The number of aromatic nitrogens is 1. The van der Waals surface area contributed by atoms with Gasteiger partial charge in [-0.2, -0.15) is 0 Å². The highest BCUT2D eigenvalue weighted by molar-refractivity contribution is 5.91. The highest BCUT2D eigenvalue weighted by atomic mass is 16.6. The van der Waals surface area contributed by atoms with Gasteiger partial charge < -0.3 is 40.2 Å². The molecule has 0 spiro atoms. The van der Waals surface area contributed by atoms with Gasteiger partial charge in [0.15, 0.2) is 0 Å². The van der Waals surface area contributed by atoms with Crippen LogP contribution in [0.3, 0.4) is 0 Å². The fraction of sp³-hybridized carbons (Fsp3) is 0.488. The number of aryl methyl sites for hydroxylation is 1. The third-order valence-corrected chi connectivity index (χ3v) is 9.72. The summed E-state index contributed by atoms with van der Waals surface area (Å²) in [6.07, 6.45) is 9.96. The zero-order valence-corrected chi connectivity index (χ0v) is 31.3. The second-order valence-electron chi connectivity index (χ2n) is 14.3. The molecular weight excluding hydrogens is 660 g/mol. The topological polar surface area (TPSA) is 153 Å². The molecule has 1 aliphatic carbocycles. The van der Waals surface area contributed by atoms with Crippen molar-refractivity contribution in [2.24, 2.45) is 5.92 Å². The number of aromatic amines is 1. The molecule has 282 valence electrons. The number of ether oxygens (including phenoxy) is 2. The summed E-state index contributed by atoms with van der Waals surface area (Å²) in [5, 5.41) is 27.1. The van der Waals surface area contributed by atoms with Crippen LogP contribution >= 0.6 is 0 Å². The monoisotopic (exact) mass is 716 g/mol.